The standard InChI is InChI=1S/C13H9FN2O2S/c14-11-3-1-2-9(7-17)12(11)18-8-10-6-16-4-5-19-13(16)15-10/h1-7H,8H2. The van der Waals surface area contributed by atoms with E-state index in [0.717, 1.165) is 4.96 Å². The molecule has 0 aliphatic heterocycles. The number of rotatable bonds is 4. The van der Waals surface area contributed by atoms with Gasteiger partial charge in [-0.05, 0) is 12.1 Å². The number of fused-ring (bicyclic) bond motifs is 1. The molecule has 4 nitrogen and oxygen atoms in total. The van der Waals surface area contributed by atoms with Gasteiger partial charge < -0.3 is 4.74 Å². The largest absolute Gasteiger partial charge is 0.483 e. The lowest BCUT2D eigenvalue weighted by Crippen LogP contribution is -2.00. The third-order valence-electron chi connectivity index (χ3n) is 2.63. The molecule has 0 bridgehead atoms. The molecule has 0 radical (unpaired) electrons. The predicted octanol–water partition coefficient (Wildman–Crippen LogP) is 2.93. The molecule has 0 saturated carbocycles. The summed E-state index contributed by atoms with van der Waals surface area (Å²) in [5, 5.41) is 1.92. The van der Waals surface area contributed by atoms with E-state index in [4.69, 9.17) is 4.74 Å². The zero-order valence-corrected chi connectivity index (χ0v) is 10.6. The summed E-state index contributed by atoms with van der Waals surface area (Å²) in [5.41, 5.74) is 0.882. The summed E-state index contributed by atoms with van der Waals surface area (Å²) in [5.74, 6) is -0.584. The number of hydrogen-bond acceptors (Lipinski definition) is 4. The van der Waals surface area contributed by atoms with Gasteiger partial charge in [0.25, 0.3) is 0 Å². The number of halogens is 1. The van der Waals surface area contributed by atoms with Gasteiger partial charge in [-0.1, -0.05) is 6.07 Å². The fourth-order valence-electron chi connectivity index (χ4n) is 1.76. The molecule has 0 fully saturated rings. The summed E-state index contributed by atoms with van der Waals surface area (Å²) >= 11 is 1.51. The molecule has 0 aliphatic rings. The highest BCUT2D eigenvalue weighted by Crippen LogP contribution is 2.22. The van der Waals surface area contributed by atoms with Crippen molar-refractivity contribution in [3.63, 3.8) is 0 Å². The van der Waals surface area contributed by atoms with Crippen molar-refractivity contribution in [1.82, 2.24) is 9.38 Å². The number of thiazole rings is 1. The second-order valence-corrected chi connectivity index (χ2v) is 4.76. The summed E-state index contributed by atoms with van der Waals surface area (Å²) in [4.78, 5) is 16.0. The van der Waals surface area contributed by atoms with Crippen LogP contribution in [0.4, 0.5) is 4.39 Å². The van der Waals surface area contributed by atoms with Crippen LogP contribution in [0.1, 0.15) is 16.1 Å². The lowest BCUT2D eigenvalue weighted by molar-refractivity contribution is 0.111. The van der Waals surface area contributed by atoms with E-state index in [1.807, 2.05) is 22.2 Å². The normalized spacial score (nSPS) is 10.8. The summed E-state index contributed by atoms with van der Waals surface area (Å²) in [6.45, 7) is 0.121. The molecule has 0 aliphatic carbocycles. The Morgan fingerprint density at radius 2 is 2.37 bits per heavy atom. The zero-order chi connectivity index (χ0) is 13.2. The van der Waals surface area contributed by atoms with Gasteiger partial charge in [-0.2, -0.15) is 0 Å². The third kappa shape index (κ3) is 2.22. The lowest BCUT2D eigenvalue weighted by atomic mass is 10.2. The molecule has 0 amide bonds. The van der Waals surface area contributed by atoms with E-state index in [0.29, 0.717) is 12.0 Å². The number of carbonyl (C=O) groups excluding carboxylic acids is 1. The van der Waals surface area contributed by atoms with Gasteiger partial charge in [-0.25, -0.2) is 9.37 Å². The second-order valence-electron chi connectivity index (χ2n) is 3.89. The van der Waals surface area contributed by atoms with Crippen molar-refractivity contribution in [2.24, 2.45) is 0 Å². The van der Waals surface area contributed by atoms with Crippen molar-refractivity contribution < 1.29 is 13.9 Å². The minimum Gasteiger partial charge on any atom is -0.483 e. The van der Waals surface area contributed by atoms with Gasteiger partial charge in [-0.15, -0.1) is 11.3 Å². The van der Waals surface area contributed by atoms with E-state index < -0.39 is 5.82 Å². The van der Waals surface area contributed by atoms with Crippen LogP contribution in [0.3, 0.4) is 0 Å². The maximum absolute atomic E-state index is 13.6. The molecule has 2 heterocycles. The van der Waals surface area contributed by atoms with Gasteiger partial charge in [-0.3, -0.25) is 9.20 Å². The fraction of sp³-hybridized carbons (Fsp3) is 0.0769. The number of carbonyl (C=O) groups is 1. The number of hydrogen-bond donors (Lipinski definition) is 0. The Morgan fingerprint density at radius 1 is 1.47 bits per heavy atom. The average Bonchev–Trinajstić information content (AvgIpc) is 2.97. The highest BCUT2D eigenvalue weighted by atomic mass is 32.1. The fourth-order valence-corrected chi connectivity index (χ4v) is 2.48. The van der Waals surface area contributed by atoms with E-state index in [-0.39, 0.29) is 17.9 Å². The van der Waals surface area contributed by atoms with Gasteiger partial charge in [0.2, 0.25) is 0 Å². The van der Waals surface area contributed by atoms with Crippen LogP contribution < -0.4 is 4.74 Å². The minimum atomic E-state index is -0.550. The average molecular weight is 276 g/mol. The molecule has 3 aromatic rings. The number of benzene rings is 1. The summed E-state index contributed by atoms with van der Waals surface area (Å²) in [7, 11) is 0. The smallest absolute Gasteiger partial charge is 0.193 e. The van der Waals surface area contributed by atoms with Gasteiger partial charge >= 0.3 is 0 Å². The van der Waals surface area contributed by atoms with E-state index >= 15 is 0 Å². The maximum Gasteiger partial charge on any atom is 0.193 e. The van der Waals surface area contributed by atoms with Crippen molar-refractivity contribution in [2.75, 3.05) is 0 Å². The first-order valence-electron chi connectivity index (χ1n) is 5.55. The quantitative estimate of drug-likeness (QED) is 0.688. The molecule has 3 rings (SSSR count). The maximum atomic E-state index is 13.6. The van der Waals surface area contributed by atoms with E-state index in [2.05, 4.69) is 4.98 Å². The molecule has 6 heteroatoms. The molecule has 0 unspecified atom stereocenters. The van der Waals surface area contributed by atoms with Gasteiger partial charge in [0.05, 0.1) is 11.3 Å². The summed E-state index contributed by atoms with van der Waals surface area (Å²) in [6.07, 6.45) is 4.27. The van der Waals surface area contributed by atoms with Crippen LogP contribution in [0.2, 0.25) is 0 Å². The first-order chi connectivity index (χ1) is 9.28. The Hall–Kier alpha value is -2.21. The van der Waals surface area contributed by atoms with Crippen molar-refractivity contribution in [1.29, 1.82) is 0 Å². The molecule has 0 atom stereocenters. The Bertz CT molecular complexity index is 707. The number of para-hydroxylation sites is 1. The SMILES string of the molecule is O=Cc1cccc(F)c1OCc1cn2ccsc2n1. The van der Waals surface area contributed by atoms with Gasteiger partial charge in [0, 0.05) is 17.8 Å². The van der Waals surface area contributed by atoms with Crippen molar-refractivity contribution in [3.8, 4) is 5.75 Å². The number of aldehydes is 1. The first-order valence-corrected chi connectivity index (χ1v) is 6.43. The van der Waals surface area contributed by atoms with Crippen molar-refractivity contribution >= 4 is 22.6 Å². The van der Waals surface area contributed by atoms with Crippen LogP contribution in [0, 0.1) is 5.82 Å². The minimum absolute atomic E-state index is 0.0335. The van der Waals surface area contributed by atoms with Crippen LogP contribution in [0.5, 0.6) is 5.75 Å². The van der Waals surface area contributed by atoms with Crippen LogP contribution in [-0.4, -0.2) is 15.7 Å². The highest BCUT2D eigenvalue weighted by Gasteiger charge is 2.10. The van der Waals surface area contributed by atoms with Gasteiger partial charge in [0.15, 0.2) is 22.8 Å². The van der Waals surface area contributed by atoms with Crippen LogP contribution >= 0.6 is 11.3 Å². The van der Waals surface area contributed by atoms with Gasteiger partial charge in [0.1, 0.15) is 6.61 Å². The van der Waals surface area contributed by atoms with Crippen LogP contribution in [0.15, 0.2) is 36.0 Å². The number of imidazole rings is 1. The zero-order valence-electron chi connectivity index (χ0n) is 9.75. The number of nitrogens with zero attached hydrogens (tertiary/aromatic N) is 2. The highest BCUT2D eigenvalue weighted by molar-refractivity contribution is 7.15. The third-order valence-corrected chi connectivity index (χ3v) is 3.40. The molecular formula is C13H9FN2O2S. The Labute approximate surface area is 112 Å². The lowest BCUT2D eigenvalue weighted by Gasteiger charge is -2.07. The van der Waals surface area contributed by atoms with Crippen LogP contribution in [0.25, 0.3) is 4.96 Å². The molecular weight excluding hydrogens is 267 g/mol. The number of ether oxygens (including phenoxy) is 1. The van der Waals surface area contributed by atoms with E-state index in [9.17, 15) is 9.18 Å². The monoisotopic (exact) mass is 276 g/mol. The Balaban J connectivity index is 1.82. The molecule has 2 aromatic heterocycles. The van der Waals surface area contributed by atoms with Crippen LogP contribution in [-0.2, 0) is 6.61 Å². The Morgan fingerprint density at radius 3 is 3.16 bits per heavy atom. The molecule has 96 valence electrons. The van der Waals surface area contributed by atoms with Crippen molar-refractivity contribution in [2.45, 2.75) is 6.61 Å². The topological polar surface area (TPSA) is 43.6 Å². The molecule has 19 heavy (non-hydrogen) atoms. The molecule has 1 aromatic carbocycles. The summed E-state index contributed by atoms with van der Waals surface area (Å²) in [6, 6.07) is 4.24. The molecule has 0 saturated heterocycles. The van der Waals surface area contributed by atoms with E-state index in [1.165, 1.54) is 29.5 Å². The summed E-state index contributed by atoms with van der Waals surface area (Å²) < 4.78 is 20.8. The first kappa shape index (κ1) is 11.9. The second kappa shape index (κ2) is 4.81. The Kier molecular flexibility index (Phi) is 3.00. The van der Waals surface area contributed by atoms with E-state index in [1.54, 1.807) is 0 Å². The van der Waals surface area contributed by atoms with Crippen molar-refractivity contribution in [3.05, 3.63) is 53.0 Å². The molecule has 0 N–H and O–H groups in total. The predicted molar refractivity (Wildman–Crippen MR) is 69.2 cm³/mol. The molecule has 0 spiro atoms. The number of aromatic nitrogens is 2.